The van der Waals surface area contributed by atoms with Crippen molar-refractivity contribution in [3.63, 3.8) is 0 Å². The maximum absolute atomic E-state index is 11.8. The van der Waals surface area contributed by atoms with Gasteiger partial charge in [-0.05, 0) is 18.8 Å². The number of nitrogens with one attached hydrogen (secondary N) is 1. The molecule has 3 nitrogen and oxygen atoms in total. The third kappa shape index (κ3) is 10.1. The van der Waals surface area contributed by atoms with Crippen LogP contribution in [-0.4, -0.2) is 24.7 Å². The predicted octanol–water partition coefficient (Wildman–Crippen LogP) is 2.21. The standard InChI is InChI=1S/C11H21F3N2O/c1-8(2)9(15)7-10(17)16-6-4-3-5-11(12,13)14/h8-9H,3-7,15H2,1-2H3,(H,16,17). The van der Waals surface area contributed by atoms with E-state index in [-0.39, 0.29) is 37.3 Å². The van der Waals surface area contributed by atoms with Gasteiger partial charge in [0.2, 0.25) is 5.91 Å². The van der Waals surface area contributed by atoms with E-state index < -0.39 is 12.6 Å². The number of hydrogen-bond acceptors (Lipinski definition) is 2. The lowest BCUT2D eigenvalue weighted by molar-refractivity contribution is -0.135. The maximum atomic E-state index is 11.8. The average Bonchev–Trinajstić information content (AvgIpc) is 2.15. The van der Waals surface area contributed by atoms with Gasteiger partial charge in [-0.2, -0.15) is 13.2 Å². The Hall–Kier alpha value is -0.780. The Kier molecular flexibility index (Phi) is 7.18. The first kappa shape index (κ1) is 16.2. The van der Waals surface area contributed by atoms with Crippen molar-refractivity contribution in [2.45, 2.75) is 51.7 Å². The SMILES string of the molecule is CC(C)C(N)CC(=O)NCCCCC(F)(F)F. The minimum absolute atomic E-state index is 0.0417. The number of rotatable bonds is 7. The highest BCUT2D eigenvalue weighted by molar-refractivity contribution is 5.76. The summed E-state index contributed by atoms with van der Waals surface area (Å²) in [4.78, 5) is 11.3. The number of unbranched alkanes of at least 4 members (excludes halogenated alkanes) is 1. The molecule has 1 amide bonds. The Labute approximate surface area is 99.9 Å². The van der Waals surface area contributed by atoms with Crippen LogP contribution in [-0.2, 0) is 4.79 Å². The molecule has 0 bridgehead atoms. The highest BCUT2D eigenvalue weighted by atomic mass is 19.4. The van der Waals surface area contributed by atoms with Crippen LogP contribution in [0.25, 0.3) is 0 Å². The smallest absolute Gasteiger partial charge is 0.356 e. The number of hydrogen-bond donors (Lipinski definition) is 2. The van der Waals surface area contributed by atoms with Gasteiger partial charge in [-0.3, -0.25) is 4.79 Å². The van der Waals surface area contributed by atoms with Crippen LogP contribution < -0.4 is 11.1 Å². The molecule has 0 rings (SSSR count). The molecule has 0 aromatic heterocycles. The molecule has 0 spiro atoms. The topological polar surface area (TPSA) is 55.1 Å². The summed E-state index contributed by atoms with van der Waals surface area (Å²) >= 11 is 0. The number of alkyl halides is 3. The number of halogens is 3. The highest BCUT2D eigenvalue weighted by Gasteiger charge is 2.25. The summed E-state index contributed by atoms with van der Waals surface area (Å²) in [5, 5.41) is 2.57. The zero-order chi connectivity index (χ0) is 13.5. The summed E-state index contributed by atoms with van der Waals surface area (Å²) in [6, 6.07) is -0.204. The van der Waals surface area contributed by atoms with E-state index >= 15 is 0 Å². The highest BCUT2D eigenvalue weighted by Crippen LogP contribution is 2.21. The van der Waals surface area contributed by atoms with Gasteiger partial charge in [-0.15, -0.1) is 0 Å². The van der Waals surface area contributed by atoms with Crippen LogP contribution in [0, 0.1) is 5.92 Å². The Bertz CT molecular complexity index is 229. The molecule has 0 saturated heterocycles. The predicted molar refractivity (Wildman–Crippen MR) is 60.3 cm³/mol. The normalized spacial score (nSPS) is 13.8. The summed E-state index contributed by atoms with van der Waals surface area (Å²) < 4.78 is 35.4. The zero-order valence-corrected chi connectivity index (χ0v) is 10.3. The van der Waals surface area contributed by atoms with Gasteiger partial charge < -0.3 is 11.1 Å². The molecule has 3 N–H and O–H groups in total. The van der Waals surface area contributed by atoms with Gasteiger partial charge in [0.15, 0.2) is 0 Å². The van der Waals surface area contributed by atoms with Crippen LogP contribution >= 0.6 is 0 Å². The molecule has 6 heteroatoms. The summed E-state index contributed by atoms with van der Waals surface area (Å²) in [6.07, 6.45) is -4.31. The van der Waals surface area contributed by atoms with Gasteiger partial charge >= 0.3 is 6.18 Å². The Morgan fingerprint density at radius 1 is 1.29 bits per heavy atom. The van der Waals surface area contributed by atoms with Crippen LogP contribution in [0.1, 0.15) is 39.5 Å². The van der Waals surface area contributed by atoms with E-state index in [0.717, 1.165) is 0 Å². The lowest BCUT2D eigenvalue weighted by atomic mass is 10.0. The Morgan fingerprint density at radius 3 is 2.35 bits per heavy atom. The quantitative estimate of drug-likeness (QED) is 0.684. The van der Waals surface area contributed by atoms with Crippen molar-refractivity contribution >= 4 is 5.91 Å². The van der Waals surface area contributed by atoms with Gasteiger partial charge in [-0.25, -0.2) is 0 Å². The molecule has 0 aliphatic rings. The molecule has 0 heterocycles. The molecular formula is C11H21F3N2O. The molecule has 0 aromatic carbocycles. The third-order valence-electron chi connectivity index (χ3n) is 2.49. The van der Waals surface area contributed by atoms with Crippen molar-refractivity contribution in [1.29, 1.82) is 0 Å². The van der Waals surface area contributed by atoms with Gasteiger partial charge in [0.05, 0.1) is 0 Å². The molecule has 0 saturated carbocycles. The van der Waals surface area contributed by atoms with Gasteiger partial charge in [0.25, 0.3) is 0 Å². The van der Waals surface area contributed by atoms with E-state index in [1.54, 1.807) is 0 Å². The van der Waals surface area contributed by atoms with Crippen molar-refractivity contribution in [2.75, 3.05) is 6.54 Å². The van der Waals surface area contributed by atoms with E-state index in [9.17, 15) is 18.0 Å². The lowest BCUT2D eigenvalue weighted by Crippen LogP contribution is -2.35. The molecule has 102 valence electrons. The van der Waals surface area contributed by atoms with Crippen molar-refractivity contribution in [3.8, 4) is 0 Å². The van der Waals surface area contributed by atoms with E-state index in [2.05, 4.69) is 5.32 Å². The fourth-order valence-electron chi connectivity index (χ4n) is 1.20. The molecule has 0 radical (unpaired) electrons. The summed E-state index contributed by atoms with van der Waals surface area (Å²) in [6.45, 7) is 4.11. The first-order valence-corrected chi connectivity index (χ1v) is 5.81. The van der Waals surface area contributed by atoms with E-state index in [0.29, 0.717) is 6.42 Å². The molecule has 0 aliphatic carbocycles. The second-order valence-electron chi connectivity index (χ2n) is 4.53. The third-order valence-corrected chi connectivity index (χ3v) is 2.49. The van der Waals surface area contributed by atoms with Gasteiger partial charge in [-0.1, -0.05) is 13.8 Å². The minimum atomic E-state index is -4.11. The van der Waals surface area contributed by atoms with E-state index in [4.69, 9.17) is 5.73 Å². The molecule has 0 aromatic rings. The van der Waals surface area contributed by atoms with E-state index in [1.165, 1.54) is 0 Å². The second-order valence-corrected chi connectivity index (χ2v) is 4.53. The second kappa shape index (κ2) is 7.53. The first-order chi connectivity index (χ1) is 7.72. The fraction of sp³-hybridized carbons (Fsp3) is 0.909. The molecule has 1 unspecified atom stereocenters. The van der Waals surface area contributed by atoms with Crippen LogP contribution in [0.3, 0.4) is 0 Å². The maximum Gasteiger partial charge on any atom is 0.389 e. The molecule has 1 atom stereocenters. The Balaban J connectivity index is 3.52. The van der Waals surface area contributed by atoms with Crippen molar-refractivity contribution in [3.05, 3.63) is 0 Å². The number of carbonyl (C=O) groups is 1. The average molecular weight is 254 g/mol. The number of nitrogens with two attached hydrogens (primary N) is 1. The van der Waals surface area contributed by atoms with Crippen LogP contribution in [0.5, 0.6) is 0 Å². The van der Waals surface area contributed by atoms with Crippen LogP contribution in [0.15, 0.2) is 0 Å². The van der Waals surface area contributed by atoms with Gasteiger partial charge in [0.1, 0.15) is 0 Å². The zero-order valence-electron chi connectivity index (χ0n) is 10.3. The van der Waals surface area contributed by atoms with Gasteiger partial charge in [0, 0.05) is 25.4 Å². The fourth-order valence-corrected chi connectivity index (χ4v) is 1.20. The first-order valence-electron chi connectivity index (χ1n) is 5.81. The lowest BCUT2D eigenvalue weighted by Gasteiger charge is -2.15. The number of amides is 1. The van der Waals surface area contributed by atoms with Crippen LogP contribution in [0.4, 0.5) is 13.2 Å². The monoisotopic (exact) mass is 254 g/mol. The van der Waals surface area contributed by atoms with Crippen molar-refractivity contribution in [2.24, 2.45) is 11.7 Å². The largest absolute Gasteiger partial charge is 0.389 e. The summed E-state index contributed by atoms with van der Waals surface area (Å²) in [5.74, 6) is 0.0178. The van der Waals surface area contributed by atoms with E-state index in [1.807, 2.05) is 13.8 Å². The summed E-state index contributed by atoms with van der Waals surface area (Å²) in [7, 11) is 0. The molecule has 17 heavy (non-hydrogen) atoms. The molecule has 0 aliphatic heterocycles. The van der Waals surface area contributed by atoms with Crippen molar-refractivity contribution in [1.82, 2.24) is 5.32 Å². The summed E-state index contributed by atoms with van der Waals surface area (Å²) in [5.41, 5.74) is 5.70. The van der Waals surface area contributed by atoms with Crippen LogP contribution in [0.2, 0.25) is 0 Å². The molecule has 0 fully saturated rings. The Morgan fingerprint density at radius 2 is 1.88 bits per heavy atom. The molecular weight excluding hydrogens is 233 g/mol. The number of carbonyl (C=O) groups excluding carboxylic acids is 1. The minimum Gasteiger partial charge on any atom is -0.356 e. The van der Waals surface area contributed by atoms with Crippen molar-refractivity contribution < 1.29 is 18.0 Å².